The lowest BCUT2D eigenvalue weighted by molar-refractivity contribution is -0.161. The highest BCUT2D eigenvalue weighted by molar-refractivity contribution is 8.01. The Morgan fingerprint density at radius 3 is 2.52 bits per heavy atom. The van der Waals surface area contributed by atoms with Crippen molar-refractivity contribution in [3.63, 3.8) is 0 Å². The summed E-state index contributed by atoms with van der Waals surface area (Å²) >= 11 is 1.34. The van der Waals surface area contributed by atoms with E-state index in [-0.39, 0.29) is 0 Å². The van der Waals surface area contributed by atoms with Crippen LogP contribution in [0.5, 0.6) is 0 Å². The van der Waals surface area contributed by atoms with Gasteiger partial charge in [0.15, 0.2) is 0 Å². The second kappa shape index (κ2) is 5.99. The van der Waals surface area contributed by atoms with Crippen molar-refractivity contribution in [2.75, 3.05) is 0 Å². The number of β-lactam (4-membered cyclic amide) rings is 1. The first-order valence-corrected chi connectivity index (χ1v) is 8.55. The SMILES string of the molecule is CC1(C)S[C@@H]2[C@H](NC(=O)[C@H](N)c3ccc(F)cc3)C(=O)N2[C@H]1C(=O)O. The van der Waals surface area contributed by atoms with E-state index in [9.17, 15) is 23.9 Å². The minimum absolute atomic E-state index is 0.422. The van der Waals surface area contributed by atoms with Crippen molar-refractivity contribution in [3.05, 3.63) is 35.6 Å². The Kier molecular flexibility index (Phi) is 4.24. The van der Waals surface area contributed by atoms with Crippen molar-refractivity contribution in [1.82, 2.24) is 10.2 Å². The number of hydrogen-bond acceptors (Lipinski definition) is 5. The van der Waals surface area contributed by atoms with E-state index >= 15 is 0 Å². The molecule has 0 unspecified atom stereocenters. The quantitative estimate of drug-likeness (QED) is 0.667. The van der Waals surface area contributed by atoms with Crippen LogP contribution < -0.4 is 11.1 Å². The molecule has 25 heavy (non-hydrogen) atoms. The molecule has 1 aromatic rings. The van der Waals surface area contributed by atoms with Crippen LogP contribution in [0, 0.1) is 5.82 Å². The molecule has 4 N–H and O–H groups in total. The van der Waals surface area contributed by atoms with Crippen LogP contribution in [0.3, 0.4) is 0 Å². The van der Waals surface area contributed by atoms with Gasteiger partial charge in [0, 0.05) is 4.75 Å². The molecule has 2 fully saturated rings. The Balaban J connectivity index is 1.70. The highest BCUT2D eigenvalue weighted by atomic mass is 32.2. The van der Waals surface area contributed by atoms with E-state index in [0.29, 0.717) is 5.56 Å². The number of nitrogens with zero attached hydrogens (tertiary/aromatic N) is 1. The van der Waals surface area contributed by atoms with Crippen LogP contribution in [0.15, 0.2) is 24.3 Å². The predicted octanol–water partition coefficient (Wildman–Crippen LogP) is 0.457. The summed E-state index contributed by atoms with van der Waals surface area (Å²) in [5.41, 5.74) is 6.29. The van der Waals surface area contributed by atoms with Crippen LogP contribution in [0.4, 0.5) is 4.39 Å². The summed E-state index contributed by atoms with van der Waals surface area (Å²) < 4.78 is 12.3. The van der Waals surface area contributed by atoms with Crippen molar-refractivity contribution in [3.8, 4) is 0 Å². The number of carboxylic acid groups (broad SMARTS) is 1. The minimum atomic E-state index is -1.07. The minimum Gasteiger partial charge on any atom is -0.480 e. The molecule has 0 spiro atoms. The third kappa shape index (κ3) is 2.87. The van der Waals surface area contributed by atoms with Crippen molar-refractivity contribution in [1.29, 1.82) is 0 Å². The molecule has 0 bridgehead atoms. The van der Waals surface area contributed by atoms with Gasteiger partial charge in [-0.05, 0) is 31.5 Å². The average Bonchev–Trinajstić information content (AvgIpc) is 2.80. The van der Waals surface area contributed by atoms with Crippen molar-refractivity contribution in [2.24, 2.45) is 5.73 Å². The number of amides is 2. The van der Waals surface area contributed by atoms with E-state index in [1.165, 1.54) is 40.9 Å². The first kappa shape index (κ1) is 17.7. The number of aliphatic carboxylic acids is 1. The molecular formula is C16H18FN3O4S. The molecule has 134 valence electrons. The van der Waals surface area contributed by atoms with E-state index in [4.69, 9.17) is 5.73 Å². The van der Waals surface area contributed by atoms with Gasteiger partial charge in [-0.15, -0.1) is 11.8 Å². The molecular weight excluding hydrogens is 349 g/mol. The molecule has 1 aromatic carbocycles. The van der Waals surface area contributed by atoms with Gasteiger partial charge in [-0.2, -0.15) is 0 Å². The second-order valence-corrected chi connectivity index (χ2v) is 8.38. The summed E-state index contributed by atoms with van der Waals surface area (Å²) in [6.45, 7) is 3.51. The molecule has 2 amide bonds. The maximum absolute atomic E-state index is 13.0. The first-order valence-electron chi connectivity index (χ1n) is 7.67. The van der Waals surface area contributed by atoms with Crippen LogP contribution in [0.1, 0.15) is 25.5 Å². The number of benzene rings is 1. The van der Waals surface area contributed by atoms with Crippen LogP contribution in [-0.4, -0.2) is 50.0 Å². The third-order valence-corrected chi connectivity index (χ3v) is 6.06. The highest BCUT2D eigenvalue weighted by Gasteiger charge is 2.64. The summed E-state index contributed by atoms with van der Waals surface area (Å²) in [6.07, 6.45) is 0. The molecule has 0 saturated carbocycles. The van der Waals surface area contributed by atoms with E-state index in [1.807, 2.05) is 0 Å². The van der Waals surface area contributed by atoms with E-state index in [0.717, 1.165) is 0 Å². The largest absolute Gasteiger partial charge is 0.480 e. The number of fused-ring (bicyclic) bond motifs is 1. The number of nitrogens with two attached hydrogens (primary N) is 1. The number of carbonyl (C=O) groups is 3. The van der Waals surface area contributed by atoms with E-state index in [2.05, 4.69) is 5.32 Å². The number of hydrogen-bond donors (Lipinski definition) is 3. The van der Waals surface area contributed by atoms with Gasteiger partial charge in [0.1, 0.15) is 29.3 Å². The summed E-state index contributed by atoms with van der Waals surface area (Å²) in [6, 6.07) is 2.42. The lowest BCUT2D eigenvalue weighted by Gasteiger charge is -2.43. The fourth-order valence-electron chi connectivity index (χ4n) is 3.21. The Hall–Kier alpha value is -2.13. The summed E-state index contributed by atoms with van der Waals surface area (Å²) in [7, 11) is 0. The summed E-state index contributed by atoms with van der Waals surface area (Å²) in [5.74, 6) is -2.51. The van der Waals surface area contributed by atoms with Gasteiger partial charge in [-0.3, -0.25) is 9.59 Å². The van der Waals surface area contributed by atoms with Crippen LogP contribution in [-0.2, 0) is 14.4 Å². The fourth-order valence-corrected chi connectivity index (χ4v) is 4.84. The lowest BCUT2D eigenvalue weighted by Crippen LogP contribution is -2.71. The van der Waals surface area contributed by atoms with Gasteiger partial charge in [0.25, 0.3) is 0 Å². The number of carboxylic acids is 1. The van der Waals surface area contributed by atoms with E-state index in [1.54, 1.807) is 13.8 Å². The molecule has 3 rings (SSSR count). The molecule has 9 heteroatoms. The topological polar surface area (TPSA) is 113 Å². The third-order valence-electron chi connectivity index (χ3n) is 4.48. The summed E-state index contributed by atoms with van der Waals surface area (Å²) in [4.78, 5) is 37.4. The van der Waals surface area contributed by atoms with E-state index < -0.39 is 51.8 Å². The number of thioether (sulfide) groups is 1. The molecule has 7 nitrogen and oxygen atoms in total. The number of rotatable bonds is 4. The number of carbonyl (C=O) groups excluding carboxylic acids is 2. The molecule has 0 radical (unpaired) electrons. The summed E-state index contributed by atoms with van der Waals surface area (Å²) in [5, 5.41) is 11.5. The normalized spacial score (nSPS) is 28.1. The molecule has 4 atom stereocenters. The number of nitrogens with one attached hydrogen (secondary N) is 1. The molecule has 2 aliphatic heterocycles. The van der Waals surface area contributed by atoms with Crippen molar-refractivity contribution < 1.29 is 23.9 Å². The predicted molar refractivity (Wildman–Crippen MR) is 89.0 cm³/mol. The standard InChI is InChI=1S/C16H18FN3O4S/c1-16(2)11(15(23)24)20-13(22)10(14(20)25-16)19-12(21)9(18)7-3-5-8(17)6-4-7/h3-6,9-11,14H,18H2,1-2H3,(H,19,21)(H,23,24)/t9-,10-,11+,14-/m1/s1. The van der Waals surface area contributed by atoms with Gasteiger partial charge in [0.05, 0.1) is 0 Å². The lowest BCUT2D eigenvalue weighted by atomic mass is 9.95. The zero-order chi connectivity index (χ0) is 18.5. The monoisotopic (exact) mass is 367 g/mol. The Morgan fingerprint density at radius 1 is 1.36 bits per heavy atom. The van der Waals surface area contributed by atoms with Crippen LogP contribution >= 0.6 is 11.8 Å². The Labute approximate surface area is 147 Å². The average molecular weight is 367 g/mol. The molecule has 2 aliphatic rings. The maximum Gasteiger partial charge on any atom is 0.327 e. The second-order valence-electron chi connectivity index (χ2n) is 6.61. The van der Waals surface area contributed by atoms with Crippen LogP contribution in [0.2, 0.25) is 0 Å². The van der Waals surface area contributed by atoms with Gasteiger partial charge < -0.3 is 21.1 Å². The molecule has 0 aromatic heterocycles. The zero-order valence-corrected chi connectivity index (χ0v) is 14.4. The van der Waals surface area contributed by atoms with Gasteiger partial charge >= 0.3 is 5.97 Å². The Morgan fingerprint density at radius 2 is 1.96 bits per heavy atom. The molecule has 2 saturated heterocycles. The highest BCUT2D eigenvalue weighted by Crippen LogP contribution is 2.50. The van der Waals surface area contributed by atoms with Crippen molar-refractivity contribution in [2.45, 2.75) is 42.1 Å². The van der Waals surface area contributed by atoms with Gasteiger partial charge in [-0.1, -0.05) is 12.1 Å². The van der Waals surface area contributed by atoms with Crippen molar-refractivity contribution >= 4 is 29.5 Å². The molecule has 2 heterocycles. The smallest absolute Gasteiger partial charge is 0.327 e. The fraction of sp³-hybridized carbons (Fsp3) is 0.438. The van der Waals surface area contributed by atoms with Gasteiger partial charge in [-0.25, -0.2) is 9.18 Å². The van der Waals surface area contributed by atoms with Gasteiger partial charge in [0.2, 0.25) is 11.8 Å². The zero-order valence-electron chi connectivity index (χ0n) is 13.6. The number of halogens is 1. The Bertz CT molecular complexity index is 739. The molecule has 0 aliphatic carbocycles. The van der Waals surface area contributed by atoms with Crippen LogP contribution in [0.25, 0.3) is 0 Å². The maximum atomic E-state index is 13.0. The first-order chi connectivity index (χ1) is 11.6.